The standard InChI is InChI=1S/C23H22BrN3O2/c1-3-15-8-17(23(28)29)12-27-22(15)13(2)21(25-27)20-9-16-6-7-18(24)10-19(16)26(20)11-14-4-5-14/h6-10,12,14H,3-5,11H2,1-2H3,(H,28,29). The van der Waals surface area contributed by atoms with Gasteiger partial charge in [0.1, 0.15) is 5.69 Å². The Morgan fingerprint density at radius 1 is 1.28 bits per heavy atom. The lowest BCUT2D eigenvalue weighted by molar-refractivity contribution is 0.0696. The molecular formula is C23H22BrN3O2. The van der Waals surface area contributed by atoms with Crippen molar-refractivity contribution < 1.29 is 9.90 Å². The molecule has 0 radical (unpaired) electrons. The number of aryl methyl sites for hydroxylation is 2. The summed E-state index contributed by atoms with van der Waals surface area (Å²) < 4.78 is 5.20. The van der Waals surface area contributed by atoms with Gasteiger partial charge in [-0.1, -0.05) is 28.9 Å². The second-order valence-electron chi connectivity index (χ2n) is 7.97. The van der Waals surface area contributed by atoms with E-state index in [4.69, 9.17) is 5.10 Å². The highest BCUT2D eigenvalue weighted by Crippen LogP contribution is 2.38. The van der Waals surface area contributed by atoms with Crippen molar-refractivity contribution in [1.29, 1.82) is 0 Å². The summed E-state index contributed by atoms with van der Waals surface area (Å²) in [6.45, 7) is 5.13. The van der Waals surface area contributed by atoms with Gasteiger partial charge in [-0.05, 0) is 61.9 Å². The fourth-order valence-electron chi connectivity index (χ4n) is 4.23. The van der Waals surface area contributed by atoms with Gasteiger partial charge >= 0.3 is 5.97 Å². The Balaban J connectivity index is 1.78. The van der Waals surface area contributed by atoms with Crippen LogP contribution in [-0.2, 0) is 13.0 Å². The van der Waals surface area contributed by atoms with Gasteiger partial charge in [0.15, 0.2) is 0 Å². The minimum absolute atomic E-state index is 0.269. The molecule has 1 fully saturated rings. The van der Waals surface area contributed by atoms with Gasteiger partial charge in [-0.25, -0.2) is 9.31 Å². The Hall–Kier alpha value is -2.60. The number of hydrogen-bond donors (Lipinski definition) is 1. The maximum absolute atomic E-state index is 11.6. The van der Waals surface area contributed by atoms with Gasteiger partial charge < -0.3 is 9.67 Å². The number of rotatable bonds is 5. The molecule has 1 N–H and O–H groups in total. The van der Waals surface area contributed by atoms with Gasteiger partial charge in [-0.15, -0.1) is 0 Å². The van der Waals surface area contributed by atoms with Crippen molar-refractivity contribution in [2.24, 2.45) is 5.92 Å². The zero-order valence-electron chi connectivity index (χ0n) is 16.4. The predicted molar refractivity (Wildman–Crippen MR) is 118 cm³/mol. The highest BCUT2D eigenvalue weighted by atomic mass is 79.9. The van der Waals surface area contributed by atoms with Gasteiger partial charge in [0.2, 0.25) is 0 Å². The molecule has 1 aliphatic rings. The summed E-state index contributed by atoms with van der Waals surface area (Å²) in [5.41, 5.74) is 6.62. The van der Waals surface area contributed by atoms with Crippen molar-refractivity contribution in [3.63, 3.8) is 0 Å². The fourth-order valence-corrected chi connectivity index (χ4v) is 4.58. The average molecular weight is 452 g/mol. The zero-order valence-corrected chi connectivity index (χ0v) is 18.0. The molecule has 4 aromatic rings. The number of fused-ring (bicyclic) bond motifs is 2. The first-order valence-corrected chi connectivity index (χ1v) is 10.8. The number of carboxylic acid groups (broad SMARTS) is 1. The first-order chi connectivity index (χ1) is 14.0. The van der Waals surface area contributed by atoms with E-state index in [1.54, 1.807) is 16.8 Å². The first-order valence-electron chi connectivity index (χ1n) is 10.0. The largest absolute Gasteiger partial charge is 0.478 e. The Bertz CT molecular complexity index is 1280. The van der Waals surface area contributed by atoms with Crippen molar-refractivity contribution >= 4 is 38.3 Å². The molecule has 5 nitrogen and oxygen atoms in total. The number of carboxylic acids is 1. The van der Waals surface area contributed by atoms with E-state index >= 15 is 0 Å². The number of pyridine rings is 1. The van der Waals surface area contributed by atoms with Crippen LogP contribution in [0, 0.1) is 12.8 Å². The van der Waals surface area contributed by atoms with Crippen LogP contribution in [0.15, 0.2) is 41.0 Å². The van der Waals surface area contributed by atoms with Crippen LogP contribution in [0.3, 0.4) is 0 Å². The van der Waals surface area contributed by atoms with Crippen molar-refractivity contribution in [2.75, 3.05) is 0 Å². The van der Waals surface area contributed by atoms with Gasteiger partial charge in [0, 0.05) is 33.7 Å². The summed E-state index contributed by atoms with van der Waals surface area (Å²) >= 11 is 3.61. The molecule has 0 spiro atoms. The molecule has 3 heterocycles. The lowest BCUT2D eigenvalue weighted by Crippen LogP contribution is -2.03. The number of halogens is 1. The van der Waals surface area contributed by atoms with Gasteiger partial charge in [-0.3, -0.25) is 0 Å². The molecule has 6 heteroatoms. The summed E-state index contributed by atoms with van der Waals surface area (Å²) in [7, 11) is 0. The van der Waals surface area contributed by atoms with Crippen LogP contribution in [-0.4, -0.2) is 25.3 Å². The minimum Gasteiger partial charge on any atom is -0.478 e. The Morgan fingerprint density at radius 2 is 2.07 bits per heavy atom. The Labute approximate surface area is 177 Å². The highest BCUT2D eigenvalue weighted by molar-refractivity contribution is 9.10. The SMILES string of the molecule is CCc1cc(C(=O)O)cn2nc(-c3cc4ccc(Br)cc4n3CC3CC3)c(C)c12. The summed E-state index contributed by atoms with van der Waals surface area (Å²) in [4.78, 5) is 11.6. The minimum atomic E-state index is -0.927. The number of nitrogens with zero attached hydrogens (tertiary/aromatic N) is 3. The van der Waals surface area contributed by atoms with Crippen LogP contribution >= 0.6 is 15.9 Å². The third kappa shape index (κ3) is 3.06. The number of benzene rings is 1. The van der Waals surface area contributed by atoms with Crippen LogP contribution in [0.2, 0.25) is 0 Å². The quantitative estimate of drug-likeness (QED) is 0.423. The molecule has 0 bridgehead atoms. The summed E-state index contributed by atoms with van der Waals surface area (Å²) in [6, 6.07) is 10.4. The average Bonchev–Trinajstić information content (AvgIpc) is 3.37. The van der Waals surface area contributed by atoms with Crippen LogP contribution in [0.5, 0.6) is 0 Å². The van der Waals surface area contributed by atoms with Gasteiger partial charge in [0.25, 0.3) is 0 Å². The number of hydrogen-bond acceptors (Lipinski definition) is 2. The second-order valence-corrected chi connectivity index (χ2v) is 8.88. The van der Waals surface area contributed by atoms with E-state index in [1.165, 1.54) is 23.7 Å². The highest BCUT2D eigenvalue weighted by Gasteiger charge is 2.26. The third-order valence-corrected chi connectivity index (χ3v) is 6.41. The smallest absolute Gasteiger partial charge is 0.337 e. The normalized spacial score (nSPS) is 14.2. The van der Waals surface area contributed by atoms with E-state index in [0.29, 0.717) is 0 Å². The topological polar surface area (TPSA) is 59.5 Å². The number of carbonyl (C=O) groups is 1. The number of aromatic carboxylic acids is 1. The van der Waals surface area contributed by atoms with Crippen molar-refractivity contribution in [3.8, 4) is 11.4 Å². The molecule has 1 aromatic carbocycles. The lowest BCUT2D eigenvalue weighted by Gasteiger charge is -2.09. The summed E-state index contributed by atoms with van der Waals surface area (Å²) in [6.07, 6.45) is 4.94. The number of aromatic nitrogens is 3. The van der Waals surface area contributed by atoms with Crippen LogP contribution in [0.4, 0.5) is 0 Å². The molecule has 0 aliphatic heterocycles. The molecule has 148 valence electrons. The monoisotopic (exact) mass is 451 g/mol. The van der Waals surface area contributed by atoms with E-state index in [0.717, 1.165) is 51.4 Å². The van der Waals surface area contributed by atoms with E-state index in [2.05, 4.69) is 58.6 Å². The molecule has 3 aromatic heterocycles. The molecule has 1 aliphatic carbocycles. The predicted octanol–water partition coefficient (Wildman–Crippen LogP) is 5.70. The molecule has 1 saturated carbocycles. The molecule has 5 rings (SSSR count). The molecule has 0 saturated heterocycles. The second kappa shape index (κ2) is 6.73. The van der Waals surface area contributed by atoms with Crippen LogP contribution in [0.25, 0.3) is 27.8 Å². The van der Waals surface area contributed by atoms with Crippen LogP contribution in [0.1, 0.15) is 41.3 Å². The van der Waals surface area contributed by atoms with Crippen molar-refractivity contribution in [1.82, 2.24) is 14.2 Å². The van der Waals surface area contributed by atoms with E-state index in [1.807, 2.05) is 0 Å². The maximum atomic E-state index is 11.6. The molecule has 0 amide bonds. The van der Waals surface area contributed by atoms with Gasteiger partial charge in [-0.2, -0.15) is 5.10 Å². The third-order valence-electron chi connectivity index (χ3n) is 5.92. The maximum Gasteiger partial charge on any atom is 0.337 e. The molecule has 29 heavy (non-hydrogen) atoms. The van der Waals surface area contributed by atoms with Crippen LogP contribution < -0.4 is 0 Å². The Kier molecular flexibility index (Phi) is 4.28. The molecule has 0 unspecified atom stereocenters. The summed E-state index contributed by atoms with van der Waals surface area (Å²) in [5, 5.41) is 15.5. The molecule has 0 atom stereocenters. The zero-order chi connectivity index (χ0) is 20.3. The van der Waals surface area contributed by atoms with Crippen molar-refractivity contribution in [3.05, 3.63) is 57.7 Å². The summed E-state index contributed by atoms with van der Waals surface area (Å²) in [5.74, 6) is -0.200. The lowest BCUT2D eigenvalue weighted by atomic mass is 10.1. The first kappa shape index (κ1) is 18.4. The Morgan fingerprint density at radius 3 is 2.76 bits per heavy atom. The van der Waals surface area contributed by atoms with E-state index in [9.17, 15) is 9.90 Å². The fraction of sp³-hybridized carbons (Fsp3) is 0.304. The van der Waals surface area contributed by atoms with Crippen molar-refractivity contribution in [2.45, 2.75) is 39.7 Å². The molecular weight excluding hydrogens is 430 g/mol. The van der Waals surface area contributed by atoms with E-state index in [-0.39, 0.29) is 5.56 Å². The van der Waals surface area contributed by atoms with Gasteiger partial charge in [0.05, 0.1) is 16.8 Å². The van der Waals surface area contributed by atoms with E-state index < -0.39 is 5.97 Å².